The molecule has 0 saturated carbocycles. The molecule has 0 spiro atoms. The lowest BCUT2D eigenvalue weighted by molar-refractivity contribution is 0.569. The van der Waals surface area contributed by atoms with Crippen molar-refractivity contribution in [2.75, 3.05) is 23.0 Å². The highest BCUT2D eigenvalue weighted by molar-refractivity contribution is 7.98. The van der Waals surface area contributed by atoms with Crippen molar-refractivity contribution in [1.29, 1.82) is 0 Å². The number of sulfone groups is 3. The Labute approximate surface area is 101 Å². The zero-order chi connectivity index (χ0) is 12.9. The molecule has 0 aromatic rings. The van der Waals surface area contributed by atoms with Crippen molar-refractivity contribution >= 4 is 29.5 Å². The molecule has 2 heterocycles. The van der Waals surface area contributed by atoms with Crippen LogP contribution >= 0.6 is 0 Å². The molecule has 0 radical (unpaired) electrons. The van der Waals surface area contributed by atoms with Crippen molar-refractivity contribution in [3.05, 3.63) is 0 Å². The molecule has 17 heavy (non-hydrogen) atoms. The number of hydrogen-bond acceptors (Lipinski definition) is 6. The van der Waals surface area contributed by atoms with E-state index in [1.807, 2.05) is 0 Å². The minimum atomic E-state index is -3.64. The second kappa shape index (κ2) is 3.92. The van der Waals surface area contributed by atoms with Gasteiger partial charge in [-0.1, -0.05) is 0 Å². The SMILES string of the molecule is O=S1(=O)CC[C@H](S(=O)(=O)[C@H]2CCS(=O)(=O)C2)C1. The molecule has 0 bridgehead atoms. The van der Waals surface area contributed by atoms with E-state index in [-0.39, 0.29) is 35.9 Å². The molecule has 0 amide bonds. The van der Waals surface area contributed by atoms with Crippen LogP contribution < -0.4 is 0 Å². The van der Waals surface area contributed by atoms with E-state index in [0.717, 1.165) is 0 Å². The van der Waals surface area contributed by atoms with Crippen molar-refractivity contribution in [3.8, 4) is 0 Å². The zero-order valence-corrected chi connectivity index (χ0v) is 11.5. The third-order valence-corrected chi connectivity index (χ3v) is 9.93. The van der Waals surface area contributed by atoms with Crippen molar-refractivity contribution in [2.24, 2.45) is 0 Å². The largest absolute Gasteiger partial charge is 0.229 e. The predicted octanol–water partition coefficient (Wildman–Crippen LogP) is -1.22. The summed E-state index contributed by atoms with van der Waals surface area (Å²) >= 11 is 0. The number of hydrogen-bond donors (Lipinski definition) is 0. The molecule has 0 aromatic heterocycles. The van der Waals surface area contributed by atoms with E-state index in [0.29, 0.717) is 0 Å². The minimum Gasteiger partial charge on any atom is -0.229 e. The highest BCUT2D eigenvalue weighted by atomic mass is 32.2. The molecular formula is C8H14O6S3. The van der Waals surface area contributed by atoms with Crippen molar-refractivity contribution < 1.29 is 25.3 Å². The van der Waals surface area contributed by atoms with Gasteiger partial charge in [-0.2, -0.15) is 0 Å². The molecule has 0 N–H and O–H groups in total. The molecular weight excluding hydrogens is 288 g/mol. The quantitative estimate of drug-likeness (QED) is 0.633. The van der Waals surface area contributed by atoms with Crippen LogP contribution in [0.2, 0.25) is 0 Å². The van der Waals surface area contributed by atoms with Crippen LogP contribution in [0.5, 0.6) is 0 Å². The van der Waals surface area contributed by atoms with Crippen molar-refractivity contribution in [3.63, 3.8) is 0 Å². The van der Waals surface area contributed by atoms with Gasteiger partial charge < -0.3 is 0 Å². The topological polar surface area (TPSA) is 102 Å². The number of rotatable bonds is 2. The van der Waals surface area contributed by atoms with E-state index in [9.17, 15) is 25.3 Å². The summed E-state index contributed by atoms with van der Waals surface area (Å²) in [4.78, 5) is 0. The van der Waals surface area contributed by atoms with Crippen LogP contribution in [-0.2, 0) is 29.5 Å². The van der Waals surface area contributed by atoms with Crippen LogP contribution in [0.1, 0.15) is 12.8 Å². The van der Waals surface area contributed by atoms with E-state index in [1.165, 1.54) is 0 Å². The fraction of sp³-hybridized carbons (Fsp3) is 1.00. The molecule has 100 valence electrons. The molecule has 0 unspecified atom stereocenters. The summed E-state index contributed by atoms with van der Waals surface area (Å²) in [6.07, 6.45) is 0.197. The second-order valence-corrected chi connectivity index (χ2v) is 11.6. The maximum absolute atomic E-state index is 12.1. The summed E-state index contributed by atoms with van der Waals surface area (Å²) in [5, 5.41) is -1.82. The maximum Gasteiger partial charge on any atom is 0.158 e. The Morgan fingerprint density at radius 1 is 0.765 bits per heavy atom. The van der Waals surface area contributed by atoms with E-state index in [2.05, 4.69) is 0 Å². The smallest absolute Gasteiger partial charge is 0.158 e. The fourth-order valence-electron chi connectivity index (χ4n) is 2.31. The van der Waals surface area contributed by atoms with E-state index in [1.54, 1.807) is 0 Å². The summed E-state index contributed by atoms with van der Waals surface area (Å²) < 4.78 is 69.2. The Morgan fingerprint density at radius 2 is 1.12 bits per heavy atom. The lowest BCUT2D eigenvalue weighted by atomic mass is 10.4. The molecule has 2 saturated heterocycles. The first-order chi connectivity index (χ1) is 7.62. The highest BCUT2D eigenvalue weighted by Crippen LogP contribution is 2.28. The van der Waals surface area contributed by atoms with Crippen LogP contribution in [0.15, 0.2) is 0 Å². The standard InChI is InChI=1S/C8H14O6S3/c9-15(10)3-1-7(5-15)17(13,14)8-2-4-16(11,12)6-8/h7-8H,1-6H2/t7-,8-/m0/s1. The Kier molecular flexibility index (Phi) is 3.07. The van der Waals surface area contributed by atoms with Gasteiger partial charge in [-0.25, -0.2) is 25.3 Å². The highest BCUT2D eigenvalue weighted by Gasteiger charge is 2.45. The lowest BCUT2D eigenvalue weighted by Crippen LogP contribution is -2.33. The Morgan fingerprint density at radius 3 is 1.35 bits per heavy atom. The molecule has 2 atom stereocenters. The monoisotopic (exact) mass is 302 g/mol. The average molecular weight is 302 g/mol. The van der Waals surface area contributed by atoms with Crippen LogP contribution in [-0.4, -0.2) is 58.8 Å². The van der Waals surface area contributed by atoms with Gasteiger partial charge in [0.1, 0.15) is 0 Å². The first kappa shape index (κ1) is 13.3. The predicted molar refractivity (Wildman–Crippen MR) is 63.0 cm³/mol. The van der Waals surface area contributed by atoms with Crippen molar-refractivity contribution in [2.45, 2.75) is 23.3 Å². The molecule has 0 aromatic carbocycles. The summed E-state index contributed by atoms with van der Waals surface area (Å²) in [6, 6.07) is 0. The minimum absolute atomic E-state index is 0.0984. The van der Waals surface area contributed by atoms with Crippen LogP contribution in [0.25, 0.3) is 0 Å². The molecule has 6 nitrogen and oxygen atoms in total. The first-order valence-corrected chi connectivity index (χ1v) is 10.5. The van der Waals surface area contributed by atoms with Gasteiger partial charge >= 0.3 is 0 Å². The summed E-state index contributed by atoms with van der Waals surface area (Å²) in [7, 11) is -10.2. The van der Waals surface area contributed by atoms with E-state index >= 15 is 0 Å². The van der Waals surface area contributed by atoms with Gasteiger partial charge in [-0.3, -0.25) is 0 Å². The molecule has 0 aliphatic carbocycles. The molecule has 9 heteroatoms. The van der Waals surface area contributed by atoms with Gasteiger partial charge in [0.05, 0.1) is 33.5 Å². The fourth-order valence-corrected chi connectivity index (χ4v) is 9.90. The second-order valence-electron chi connectivity index (χ2n) is 4.64. The molecule has 2 aliphatic heterocycles. The maximum atomic E-state index is 12.1. The Bertz CT molecular complexity index is 562. The normalized spacial score (nSPS) is 36.0. The summed E-state index contributed by atoms with van der Waals surface area (Å²) in [5.74, 6) is -0.940. The van der Waals surface area contributed by atoms with Crippen LogP contribution in [0.4, 0.5) is 0 Å². The van der Waals surface area contributed by atoms with Gasteiger partial charge in [-0.05, 0) is 12.8 Å². The summed E-state index contributed by atoms with van der Waals surface area (Å²) in [5.41, 5.74) is 0. The van der Waals surface area contributed by atoms with Gasteiger partial charge in [0.25, 0.3) is 0 Å². The Hall–Kier alpha value is -0.150. The molecule has 2 rings (SSSR count). The summed E-state index contributed by atoms with van der Waals surface area (Å²) in [6.45, 7) is 0. The van der Waals surface area contributed by atoms with Crippen LogP contribution in [0.3, 0.4) is 0 Å². The zero-order valence-electron chi connectivity index (χ0n) is 9.07. The van der Waals surface area contributed by atoms with Gasteiger partial charge in [0, 0.05) is 0 Å². The Balaban J connectivity index is 2.22. The van der Waals surface area contributed by atoms with Crippen LogP contribution in [0, 0.1) is 0 Å². The van der Waals surface area contributed by atoms with Crippen molar-refractivity contribution in [1.82, 2.24) is 0 Å². The van der Waals surface area contributed by atoms with Gasteiger partial charge in [0.2, 0.25) is 0 Å². The lowest BCUT2D eigenvalue weighted by Gasteiger charge is -2.14. The molecule has 2 aliphatic rings. The van der Waals surface area contributed by atoms with Gasteiger partial charge in [-0.15, -0.1) is 0 Å². The third-order valence-electron chi connectivity index (χ3n) is 3.31. The van der Waals surface area contributed by atoms with E-state index < -0.39 is 40.0 Å². The third kappa shape index (κ3) is 2.65. The average Bonchev–Trinajstić information content (AvgIpc) is 2.69. The van der Waals surface area contributed by atoms with Gasteiger partial charge in [0.15, 0.2) is 29.5 Å². The molecule has 2 fully saturated rings. The first-order valence-electron chi connectivity index (χ1n) is 5.26. The van der Waals surface area contributed by atoms with E-state index in [4.69, 9.17) is 0 Å².